The van der Waals surface area contributed by atoms with Crippen LogP contribution in [-0.4, -0.2) is 105 Å². The van der Waals surface area contributed by atoms with Crippen LogP contribution in [0.15, 0.2) is 49.1 Å². The zero-order valence-electron chi connectivity index (χ0n) is 34.5. The third kappa shape index (κ3) is 4.38. The van der Waals surface area contributed by atoms with Gasteiger partial charge in [-0.1, -0.05) is 51.1 Å². The second kappa shape index (κ2) is 11.8. The first-order valence-electron chi connectivity index (χ1n) is 22.0. The highest BCUT2D eigenvalue weighted by molar-refractivity contribution is 5.64. The first-order chi connectivity index (χ1) is 27.2. The van der Waals surface area contributed by atoms with Gasteiger partial charge in [0, 0.05) is 71.5 Å². The molecule has 0 radical (unpaired) electrons. The maximum absolute atomic E-state index is 12.2. The first kappa shape index (κ1) is 37.0. The number of piperidine rings is 2. The Bertz CT molecular complexity index is 2070. The Labute approximate surface area is 337 Å². The third-order valence-electron chi connectivity index (χ3n) is 18.2. The van der Waals surface area contributed by atoms with Crippen LogP contribution in [0.25, 0.3) is 0 Å². The molecule has 6 bridgehead atoms. The van der Waals surface area contributed by atoms with Gasteiger partial charge in [-0.3, -0.25) is 9.80 Å². The number of hydrogen-bond acceptors (Lipinski definition) is 9. The van der Waals surface area contributed by atoms with Crippen LogP contribution in [-0.2, 0) is 28.4 Å². The van der Waals surface area contributed by atoms with Gasteiger partial charge in [0.15, 0.2) is 23.0 Å². The van der Waals surface area contributed by atoms with E-state index in [4.69, 9.17) is 14.2 Å². The van der Waals surface area contributed by atoms with E-state index in [0.717, 1.165) is 76.1 Å². The third-order valence-corrected chi connectivity index (χ3v) is 18.2. The fourth-order valence-corrected chi connectivity index (χ4v) is 15.1. The van der Waals surface area contributed by atoms with E-state index in [0.29, 0.717) is 29.5 Å². The van der Waals surface area contributed by atoms with E-state index >= 15 is 0 Å². The largest absolute Gasteiger partial charge is 0.504 e. The molecule has 0 amide bonds. The molecule has 2 saturated heterocycles. The lowest BCUT2D eigenvalue weighted by Gasteiger charge is -2.75. The molecule has 2 aromatic rings. The maximum Gasteiger partial charge on any atom is 0.165 e. The Balaban J connectivity index is 0.000000141. The number of hydrogen-bond donors (Lipinski definition) is 4. The molecule has 6 fully saturated rings. The average molecular weight is 779 g/mol. The Hall–Kier alpha value is -3.08. The molecule has 57 heavy (non-hydrogen) atoms. The number of ether oxygens (including phenoxy) is 3. The number of nitrogens with zero attached hydrogens (tertiary/aromatic N) is 2. The first-order valence-corrected chi connectivity index (χ1v) is 22.0. The number of aliphatic hydroxyl groups excluding tert-OH is 1. The number of benzene rings is 2. The molecule has 4 aliphatic heterocycles. The molecule has 4 N–H and O–H groups in total. The van der Waals surface area contributed by atoms with Crippen molar-refractivity contribution >= 4 is 0 Å². The molecule has 12 atom stereocenters. The van der Waals surface area contributed by atoms with Gasteiger partial charge in [0.1, 0.15) is 23.9 Å². The lowest BCUT2D eigenvalue weighted by atomic mass is 9.33. The molecule has 306 valence electrons. The highest BCUT2D eigenvalue weighted by Crippen LogP contribution is 2.78. The minimum Gasteiger partial charge on any atom is -0.504 e. The van der Waals surface area contributed by atoms with Crippen molar-refractivity contribution < 1.29 is 34.6 Å². The summed E-state index contributed by atoms with van der Waals surface area (Å²) in [5.74, 6) is 2.93. The zero-order chi connectivity index (χ0) is 39.7. The van der Waals surface area contributed by atoms with Crippen LogP contribution in [0.4, 0.5) is 0 Å². The standard InChI is InChI=1S/C29H41NO4.C19H21NO3/c1-25(2,3)26(4,32)20-15-27-10-11-29(20,33-5)24-28(27)12-13-30(16-17-6-7-17)21(27)14-18-8-9-19(31)23(34-24)22(18)28;1-2-8-20-9-7-19-12-4-6-15(22)18(19)23-17-14(21)5-3-11(16(17)19)10-13(12)20/h8-9,17,20-21,24,31-32H,6-7,10-16H2,1-5H3;2-6,12-13,15,18,21-22H,1,7-10H2/t20-,21-,24-,26+,27-,28+,29+;12-,13+,15-,18-,19-/m10/s1. The van der Waals surface area contributed by atoms with Gasteiger partial charge in [0.05, 0.1) is 5.60 Å². The van der Waals surface area contributed by atoms with Crippen LogP contribution in [0.5, 0.6) is 23.0 Å². The summed E-state index contributed by atoms with van der Waals surface area (Å²) in [6.45, 7) is 16.6. The van der Waals surface area contributed by atoms with Crippen molar-refractivity contribution in [3.8, 4) is 23.0 Å². The highest BCUT2D eigenvalue weighted by atomic mass is 16.6. The number of aliphatic hydroxyl groups is 2. The molecule has 9 heteroatoms. The van der Waals surface area contributed by atoms with Gasteiger partial charge in [0.2, 0.25) is 0 Å². The van der Waals surface area contributed by atoms with Crippen LogP contribution in [0, 0.1) is 28.6 Å². The summed E-state index contributed by atoms with van der Waals surface area (Å²) in [7, 11) is 1.83. The molecule has 3 spiro atoms. The Morgan fingerprint density at radius 2 is 1.60 bits per heavy atom. The number of phenolic OH excluding ortho intramolecular Hbond substituents is 2. The lowest BCUT2D eigenvalue weighted by Crippen LogP contribution is -2.83. The van der Waals surface area contributed by atoms with Crippen LogP contribution in [0.1, 0.15) is 94.9 Å². The van der Waals surface area contributed by atoms with Gasteiger partial charge in [-0.25, -0.2) is 0 Å². The van der Waals surface area contributed by atoms with Crippen molar-refractivity contribution in [3.63, 3.8) is 0 Å². The van der Waals surface area contributed by atoms with E-state index in [9.17, 15) is 20.4 Å². The van der Waals surface area contributed by atoms with Crippen molar-refractivity contribution in [1.82, 2.24) is 9.80 Å². The van der Waals surface area contributed by atoms with Gasteiger partial charge in [-0.2, -0.15) is 0 Å². The van der Waals surface area contributed by atoms with Crippen LogP contribution in [0.2, 0.25) is 0 Å². The summed E-state index contributed by atoms with van der Waals surface area (Å²) >= 11 is 0. The van der Waals surface area contributed by atoms with Crippen molar-refractivity contribution in [3.05, 3.63) is 71.3 Å². The molecule has 4 heterocycles. The molecule has 9 nitrogen and oxygen atoms in total. The molecule has 0 aromatic heterocycles. The van der Waals surface area contributed by atoms with Gasteiger partial charge in [-0.05, 0) is 112 Å². The number of fused-ring (bicyclic) bond motifs is 2. The SMILES string of the molecule is C=CCN1CC[C@]23c4c5ccc(O)c4O[C@H]2[C@@H](O)C=C[C@H]3[C@H]1C5.CO[C@@]12CC[C@@]3(C[C@@H]1[C@](C)(O)C(C)(C)C)[C@H]1Cc4ccc(O)c5c4[C@@]3(CCN1CC1CC1)[C@H]2O5. The normalized spacial score (nSPS) is 42.2. The van der Waals surface area contributed by atoms with E-state index in [-0.39, 0.29) is 51.3 Å². The van der Waals surface area contributed by atoms with E-state index in [1.807, 2.05) is 38.3 Å². The molecule has 11 aliphatic rings. The van der Waals surface area contributed by atoms with Crippen molar-refractivity contribution in [2.24, 2.45) is 28.6 Å². The molecular weight excluding hydrogens is 717 g/mol. The Morgan fingerprint density at radius 1 is 0.895 bits per heavy atom. The van der Waals surface area contributed by atoms with Crippen LogP contribution < -0.4 is 9.47 Å². The second-order valence-corrected chi connectivity index (χ2v) is 21.0. The van der Waals surface area contributed by atoms with Crippen LogP contribution >= 0.6 is 0 Å². The lowest BCUT2D eigenvalue weighted by molar-refractivity contribution is -0.312. The smallest absolute Gasteiger partial charge is 0.165 e. The Morgan fingerprint density at radius 3 is 2.28 bits per heavy atom. The number of methoxy groups -OCH3 is 1. The molecule has 4 saturated carbocycles. The van der Waals surface area contributed by atoms with Crippen molar-refractivity contribution in [2.45, 2.75) is 138 Å². The van der Waals surface area contributed by atoms with Crippen LogP contribution in [0.3, 0.4) is 0 Å². The summed E-state index contributed by atoms with van der Waals surface area (Å²) < 4.78 is 19.6. The summed E-state index contributed by atoms with van der Waals surface area (Å²) in [6, 6.07) is 8.63. The monoisotopic (exact) mass is 778 g/mol. The van der Waals surface area contributed by atoms with Gasteiger partial charge in [0.25, 0.3) is 0 Å². The second-order valence-electron chi connectivity index (χ2n) is 21.0. The van der Waals surface area contributed by atoms with E-state index in [1.54, 1.807) is 6.07 Å². The molecular formula is C48H62N2O7. The maximum atomic E-state index is 12.2. The van der Waals surface area contributed by atoms with E-state index < -0.39 is 17.3 Å². The summed E-state index contributed by atoms with van der Waals surface area (Å²) in [5.41, 5.74) is 3.01. The molecule has 7 aliphatic carbocycles. The number of likely N-dealkylation sites (tertiary alicyclic amines) is 2. The number of phenols is 2. The minimum atomic E-state index is -0.909. The number of aromatic hydroxyl groups is 2. The summed E-state index contributed by atoms with van der Waals surface area (Å²) in [4.78, 5) is 5.32. The Kier molecular flexibility index (Phi) is 7.66. The topological polar surface area (TPSA) is 115 Å². The molecule has 0 unspecified atom stereocenters. The van der Waals surface area contributed by atoms with E-state index in [2.05, 4.69) is 49.3 Å². The predicted octanol–water partition coefficient (Wildman–Crippen LogP) is 6.17. The quantitative estimate of drug-likeness (QED) is 0.256. The highest BCUT2D eigenvalue weighted by Gasteiger charge is 2.82. The summed E-state index contributed by atoms with van der Waals surface area (Å²) in [6.07, 6.45) is 14.7. The van der Waals surface area contributed by atoms with Gasteiger partial charge < -0.3 is 34.6 Å². The molecule has 13 rings (SSSR count). The van der Waals surface area contributed by atoms with Crippen molar-refractivity contribution in [1.29, 1.82) is 0 Å². The van der Waals surface area contributed by atoms with Gasteiger partial charge in [-0.15, -0.1) is 6.58 Å². The van der Waals surface area contributed by atoms with E-state index in [1.165, 1.54) is 36.1 Å². The fraction of sp³-hybridized carbons (Fsp3) is 0.667. The number of rotatable bonds is 6. The summed E-state index contributed by atoms with van der Waals surface area (Å²) in [5, 5.41) is 44.0. The predicted molar refractivity (Wildman–Crippen MR) is 217 cm³/mol. The van der Waals surface area contributed by atoms with Gasteiger partial charge >= 0.3 is 0 Å². The zero-order valence-corrected chi connectivity index (χ0v) is 34.5. The average Bonchev–Trinajstić information content (AvgIpc) is 3.82. The fourth-order valence-electron chi connectivity index (χ4n) is 15.1. The van der Waals surface area contributed by atoms with Crippen molar-refractivity contribution in [2.75, 3.05) is 33.3 Å². The molecule has 2 aromatic carbocycles. The minimum absolute atomic E-state index is 0.0294.